The van der Waals surface area contributed by atoms with E-state index >= 15 is 0 Å². The summed E-state index contributed by atoms with van der Waals surface area (Å²) in [5, 5.41) is 2.79. The Bertz CT molecular complexity index is 1320. The van der Waals surface area contributed by atoms with Gasteiger partial charge in [-0.2, -0.15) is 0 Å². The van der Waals surface area contributed by atoms with Gasteiger partial charge in [-0.05, 0) is 23.8 Å². The molecule has 0 bridgehead atoms. The van der Waals surface area contributed by atoms with Gasteiger partial charge in [-0.3, -0.25) is 19.0 Å². The highest BCUT2D eigenvalue weighted by atomic mass is 32.2. The van der Waals surface area contributed by atoms with Gasteiger partial charge >= 0.3 is 0 Å². The fourth-order valence-electron chi connectivity index (χ4n) is 2.99. The third kappa shape index (κ3) is 4.84. The lowest BCUT2D eigenvalue weighted by atomic mass is 10.2. The minimum Gasteiger partial charge on any atom is -0.369 e. The largest absolute Gasteiger partial charge is 0.369 e. The van der Waals surface area contributed by atoms with Gasteiger partial charge in [-0.15, -0.1) is 23.1 Å². The van der Waals surface area contributed by atoms with Crippen molar-refractivity contribution >= 4 is 50.8 Å². The average molecular weight is 451 g/mol. The van der Waals surface area contributed by atoms with Gasteiger partial charge in [-0.25, -0.2) is 4.98 Å². The van der Waals surface area contributed by atoms with E-state index in [1.807, 2.05) is 42.5 Å². The predicted octanol–water partition coefficient (Wildman–Crippen LogP) is 3.34. The molecule has 31 heavy (non-hydrogen) atoms. The molecule has 4 aromatic rings. The van der Waals surface area contributed by atoms with Crippen molar-refractivity contribution in [3.63, 3.8) is 0 Å². The number of carbonyl (C=O) groups excluding carboxylic acids is 2. The normalized spacial score (nSPS) is 10.8. The molecule has 0 unspecified atom stereocenters. The molecule has 7 nitrogen and oxygen atoms in total. The number of nitrogens with two attached hydrogens (primary N) is 1. The van der Waals surface area contributed by atoms with Crippen LogP contribution in [0.4, 0.5) is 5.69 Å². The van der Waals surface area contributed by atoms with Crippen molar-refractivity contribution in [3.05, 3.63) is 77.3 Å². The van der Waals surface area contributed by atoms with Crippen molar-refractivity contribution in [1.29, 1.82) is 0 Å². The van der Waals surface area contributed by atoms with Crippen LogP contribution in [0.25, 0.3) is 20.7 Å². The maximum atomic E-state index is 12.9. The van der Waals surface area contributed by atoms with Crippen LogP contribution in [0.15, 0.2) is 76.7 Å². The quantitative estimate of drug-likeness (QED) is 0.420. The summed E-state index contributed by atoms with van der Waals surface area (Å²) in [6, 6.07) is 18.8. The van der Waals surface area contributed by atoms with Crippen molar-refractivity contribution in [1.82, 2.24) is 9.55 Å². The Kier molecular flexibility index (Phi) is 6.15. The van der Waals surface area contributed by atoms with Crippen molar-refractivity contribution < 1.29 is 9.59 Å². The van der Waals surface area contributed by atoms with Gasteiger partial charge in [0.2, 0.25) is 11.8 Å². The van der Waals surface area contributed by atoms with Crippen LogP contribution in [-0.4, -0.2) is 27.1 Å². The number of thioether (sulfide) groups is 1. The molecule has 0 aliphatic carbocycles. The van der Waals surface area contributed by atoms with Gasteiger partial charge in [-0.1, -0.05) is 42.5 Å². The zero-order valence-corrected chi connectivity index (χ0v) is 17.9. The lowest BCUT2D eigenvalue weighted by molar-refractivity contribution is -0.117. The van der Waals surface area contributed by atoms with Gasteiger partial charge in [0.25, 0.3) is 5.56 Å². The minimum absolute atomic E-state index is 0.106. The second kappa shape index (κ2) is 9.15. The lowest BCUT2D eigenvalue weighted by Gasteiger charge is -2.11. The van der Waals surface area contributed by atoms with Crippen LogP contribution >= 0.6 is 23.1 Å². The van der Waals surface area contributed by atoms with Crippen LogP contribution in [0, 0.1) is 0 Å². The Morgan fingerprint density at radius 2 is 1.84 bits per heavy atom. The maximum Gasteiger partial charge on any atom is 0.271 e. The summed E-state index contributed by atoms with van der Waals surface area (Å²) < 4.78 is 1.80. The number of hydrogen-bond acceptors (Lipinski definition) is 6. The number of primary amides is 1. The van der Waals surface area contributed by atoms with Gasteiger partial charge < -0.3 is 11.1 Å². The summed E-state index contributed by atoms with van der Waals surface area (Å²) in [5.74, 6) is -0.701. The summed E-state index contributed by atoms with van der Waals surface area (Å²) in [5.41, 5.74) is 7.12. The summed E-state index contributed by atoms with van der Waals surface area (Å²) in [4.78, 5) is 42.6. The number of aromatic nitrogens is 2. The van der Waals surface area contributed by atoms with Crippen molar-refractivity contribution in [3.8, 4) is 10.4 Å². The van der Waals surface area contributed by atoms with Crippen LogP contribution < -0.4 is 16.6 Å². The molecule has 0 atom stereocenters. The molecule has 0 spiro atoms. The number of benzene rings is 2. The number of thiophene rings is 1. The van der Waals surface area contributed by atoms with Crippen LogP contribution in [0.1, 0.15) is 0 Å². The fraction of sp³-hybridized carbons (Fsp3) is 0.0909. The third-order valence-electron chi connectivity index (χ3n) is 4.41. The molecule has 156 valence electrons. The number of rotatable bonds is 7. The Balaban J connectivity index is 1.54. The smallest absolute Gasteiger partial charge is 0.271 e. The van der Waals surface area contributed by atoms with E-state index in [0.717, 1.165) is 15.3 Å². The van der Waals surface area contributed by atoms with Gasteiger partial charge in [0.1, 0.15) is 11.2 Å². The summed E-state index contributed by atoms with van der Waals surface area (Å²) >= 11 is 2.60. The molecule has 0 aliphatic rings. The topological polar surface area (TPSA) is 107 Å². The number of amides is 2. The molecule has 0 aliphatic heterocycles. The molecule has 3 N–H and O–H groups in total. The summed E-state index contributed by atoms with van der Waals surface area (Å²) in [7, 11) is 0. The number of carbonyl (C=O) groups is 2. The first-order valence-electron chi connectivity index (χ1n) is 9.35. The van der Waals surface area contributed by atoms with Gasteiger partial charge in [0.15, 0.2) is 0 Å². The Labute approximate surface area is 185 Å². The molecule has 2 amide bonds. The molecular weight excluding hydrogens is 432 g/mol. The van der Waals surface area contributed by atoms with E-state index in [-0.39, 0.29) is 23.8 Å². The molecule has 9 heteroatoms. The van der Waals surface area contributed by atoms with E-state index in [4.69, 9.17) is 5.73 Å². The number of para-hydroxylation sites is 1. The van der Waals surface area contributed by atoms with Crippen LogP contribution in [0.5, 0.6) is 0 Å². The Hall–Kier alpha value is -3.43. The van der Waals surface area contributed by atoms with Crippen molar-refractivity contribution in [2.24, 2.45) is 5.73 Å². The van der Waals surface area contributed by atoms with E-state index in [0.29, 0.717) is 15.9 Å². The molecule has 0 saturated carbocycles. The van der Waals surface area contributed by atoms with Crippen LogP contribution in [-0.2, 0) is 16.1 Å². The summed E-state index contributed by atoms with van der Waals surface area (Å²) in [6.45, 7) is -0.171. The Morgan fingerprint density at radius 3 is 2.61 bits per heavy atom. The average Bonchev–Trinajstić information content (AvgIpc) is 3.21. The second-order valence-corrected chi connectivity index (χ2v) is 8.74. The third-order valence-corrected chi connectivity index (χ3v) is 6.66. The number of hydrogen-bond donors (Lipinski definition) is 2. The first-order valence-corrected chi connectivity index (χ1v) is 11.2. The molecule has 0 fully saturated rings. The van der Waals surface area contributed by atoms with Crippen LogP contribution in [0.3, 0.4) is 0 Å². The molecule has 2 aromatic carbocycles. The van der Waals surface area contributed by atoms with E-state index in [9.17, 15) is 14.4 Å². The molecule has 2 heterocycles. The lowest BCUT2D eigenvalue weighted by Crippen LogP contribution is -2.27. The number of fused-ring (bicyclic) bond motifs is 1. The van der Waals surface area contributed by atoms with E-state index in [1.165, 1.54) is 34.0 Å². The zero-order valence-electron chi connectivity index (χ0n) is 16.3. The van der Waals surface area contributed by atoms with Gasteiger partial charge in [0, 0.05) is 9.77 Å². The van der Waals surface area contributed by atoms with Gasteiger partial charge in [0.05, 0.1) is 23.3 Å². The minimum atomic E-state index is -0.442. The number of anilines is 1. The molecule has 0 saturated heterocycles. The van der Waals surface area contributed by atoms with Crippen LogP contribution in [0.2, 0.25) is 0 Å². The van der Waals surface area contributed by atoms with E-state index in [1.54, 1.807) is 18.2 Å². The number of nitrogens with one attached hydrogen (secondary N) is 1. The monoisotopic (exact) mass is 450 g/mol. The zero-order chi connectivity index (χ0) is 21.8. The molecular formula is C22H18N4O3S2. The summed E-state index contributed by atoms with van der Waals surface area (Å²) in [6.07, 6.45) is 1.39. The van der Waals surface area contributed by atoms with Crippen molar-refractivity contribution in [2.45, 2.75) is 11.4 Å². The van der Waals surface area contributed by atoms with E-state index < -0.39 is 5.91 Å². The first-order chi connectivity index (χ1) is 15.0. The highest BCUT2D eigenvalue weighted by molar-refractivity contribution is 8.00. The molecule has 4 rings (SSSR count). The molecule has 0 radical (unpaired) electrons. The second-order valence-electron chi connectivity index (χ2n) is 6.67. The fourth-order valence-corrected chi connectivity index (χ4v) is 4.80. The highest BCUT2D eigenvalue weighted by Gasteiger charge is 2.14. The Morgan fingerprint density at radius 1 is 1.10 bits per heavy atom. The predicted molar refractivity (Wildman–Crippen MR) is 124 cm³/mol. The standard InChI is InChI=1S/C22H18N4O3S2/c23-19(27)12-30-17-9-5-4-8-15(17)25-20(28)11-26-13-24-16-10-18(31-21(16)22(26)29)14-6-2-1-3-7-14/h1-10,13H,11-12H2,(H2,23,27)(H,25,28). The number of nitrogens with zero attached hydrogens (tertiary/aromatic N) is 2. The molecule has 2 aromatic heterocycles. The highest BCUT2D eigenvalue weighted by Crippen LogP contribution is 2.30. The van der Waals surface area contributed by atoms with E-state index in [2.05, 4.69) is 10.3 Å². The first kappa shape index (κ1) is 20.8. The SMILES string of the molecule is NC(=O)CSc1ccccc1NC(=O)Cn1cnc2cc(-c3ccccc3)sc2c1=O. The maximum absolute atomic E-state index is 12.9. The van der Waals surface area contributed by atoms with Crippen molar-refractivity contribution in [2.75, 3.05) is 11.1 Å².